The molecule has 8 aromatic carbocycles. The van der Waals surface area contributed by atoms with Crippen molar-refractivity contribution < 1.29 is 0 Å². The first-order valence-electron chi connectivity index (χ1n) is 13.4. The normalized spacial score (nSPS) is 12.7. The summed E-state index contributed by atoms with van der Waals surface area (Å²) in [5, 5.41) is 13.5. The minimum atomic E-state index is 1.30. The fraction of sp³-hybridized carbons (Fsp3) is 0. The molecular formula is C38H20. The second-order valence-electron chi connectivity index (χ2n) is 10.8. The molecule has 8 aromatic rings. The van der Waals surface area contributed by atoms with Crippen molar-refractivity contribution in [2.24, 2.45) is 0 Å². The van der Waals surface area contributed by atoms with E-state index in [1.54, 1.807) is 0 Å². The molecule has 2 aliphatic rings. The molecule has 38 heavy (non-hydrogen) atoms. The highest BCUT2D eigenvalue weighted by Crippen LogP contribution is 2.62. The third-order valence-electron chi connectivity index (χ3n) is 9.07. The summed E-state index contributed by atoms with van der Waals surface area (Å²) in [4.78, 5) is 0. The Morgan fingerprint density at radius 3 is 1.37 bits per heavy atom. The van der Waals surface area contributed by atoms with Crippen molar-refractivity contribution in [1.82, 2.24) is 0 Å². The second-order valence-corrected chi connectivity index (χ2v) is 10.8. The molecule has 0 saturated carbocycles. The summed E-state index contributed by atoms with van der Waals surface area (Å²) in [7, 11) is 0. The topological polar surface area (TPSA) is 0 Å². The molecule has 0 heteroatoms. The van der Waals surface area contributed by atoms with Crippen molar-refractivity contribution in [1.29, 1.82) is 0 Å². The minimum absolute atomic E-state index is 1.30. The van der Waals surface area contributed by atoms with Gasteiger partial charge in [0.2, 0.25) is 0 Å². The maximum atomic E-state index is 2.42. The molecule has 0 atom stereocenters. The summed E-state index contributed by atoms with van der Waals surface area (Å²) < 4.78 is 0. The zero-order valence-corrected chi connectivity index (χ0v) is 20.5. The summed E-state index contributed by atoms with van der Waals surface area (Å²) in [6, 6.07) is 45.4. The Balaban J connectivity index is 1.50. The first-order valence-corrected chi connectivity index (χ1v) is 13.4. The third-order valence-corrected chi connectivity index (χ3v) is 9.07. The van der Waals surface area contributed by atoms with Crippen LogP contribution in [0.25, 0.3) is 98.4 Å². The molecule has 0 aliphatic heterocycles. The van der Waals surface area contributed by atoms with Gasteiger partial charge in [-0.3, -0.25) is 0 Å². The average Bonchev–Trinajstić information content (AvgIpc) is 3.50. The summed E-state index contributed by atoms with van der Waals surface area (Å²) >= 11 is 0. The van der Waals surface area contributed by atoms with Crippen LogP contribution in [0, 0.1) is 0 Å². The van der Waals surface area contributed by atoms with Crippen LogP contribution in [0.15, 0.2) is 121 Å². The molecule has 0 amide bonds. The number of benzene rings is 8. The van der Waals surface area contributed by atoms with E-state index >= 15 is 0 Å². The largest absolute Gasteiger partial charge is 0.0616 e. The highest BCUT2D eigenvalue weighted by molar-refractivity contribution is 6.39. The fourth-order valence-corrected chi connectivity index (χ4v) is 7.63. The molecule has 0 spiro atoms. The molecule has 0 aromatic heterocycles. The zero-order chi connectivity index (χ0) is 24.5. The van der Waals surface area contributed by atoms with Gasteiger partial charge in [-0.2, -0.15) is 0 Å². The van der Waals surface area contributed by atoms with Crippen LogP contribution < -0.4 is 0 Å². The van der Waals surface area contributed by atoms with Gasteiger partial charge in [0.25, 0.3) is 0 Å². The first-order chi connectivity index (χ1) is 18.9. The molecule has 0 N–H and O–H groups in total. The van der Waals surface area contributed by atoms with E-state index in [4.69, 9.17) is 0 Å². The Hall–Kier alpha value is -4.94. The molecule has 2 aliphatic carbocycles. The van der Waals surface area contributed by atoms with Crippen LogP contribution in [0.5, 0.6) is 0 Å². The van der Waals surface area contributed by atoms with Crippen LogP contribution >= 0.6 is 0 Å². The van der Waals surface area contributed by atoms with Crippen molar-refractivity contribution in [3.8, 4) is 44.5 Å². The van der Waals surface area contributed by atoms with E-state index in [2.05, 4.69) is 121 Å². The van der Waals surface area contributed by atoms with Crippen LogP contribution in [0.3, 0.4) is 0 Å². The second kappa shape index (κ2) is 6.49. The van der Waals surface area contributed by atoms with Gasteiger partial charge in [-0.1, -0.05) is 109 Å². The van der Waals surface area contributed by atoms with E-state index in [0.717, 1.165) is 0 Å². The van der Waals surface area contributed by atoms with Gasteiger partial charge in [-0.05, 0) is 111 Å². The summed E-state index contributed by atoms with van der Waals surface area (Å²) in [6.07, 6.45) is 0. The van der Waals surface area contributed by atoms with Gasteiger partial charge in [-0.25, -0.2) is 0 Å². The Morgan fingerprint density at radius 2 is 0.711 bits per heavy atom. The SMILES string of the molecule is c1ccc2cc3c(cc2c1)-c1ccc2c4c(c5ccccc5c-3c14)-c1c-2c2ccccc2c2ccccc12. The Kier molecular flexibility index (Phi) is 3.28. The Morgan fingerprint density at radius 1 is 0.263 bits per heavy atom. The highest BCUT2D eigenvalue weighted by atomic mass is 14.4. The molecule has 0 nitrogen and oxygen atoms in total. The van der Waals surface area contributed by atoms with Gasteiger partial charge in [0, 0.05) is 0 Å². The first kappa shape index (κ1) is 19.2. The number of rotatable bonds is 0. The van der Waals surface area contributed by atoms with Gasteiger partial charge in [0.15, 0.2) is 0 Å². The van der Waals surface area contributed by atoms with Crippen LogP contribution in [0.2, 0.25) is 0 Å². The van der Waals surface area contributed by atoms with Crippen molar-refractivity contribution in [2.75, 3.05) is 0 Å². The van der Waals surface area contributed by atoms with Crippen LogP contribution in [0.1, 0.15) is 0 Å². The van der Waals surface area contributed by atoms with Gasteiger partial charge in [0.05, 0.1) is 0 Å². The van der Waals surface area contributed by atoms with E-state index < -0.39 is 0 Å². The molecule has 0 unspecified atom stereocenters. The molecule has 0 fully saturated rings. The maximum absolute atomic E-state index is 2.42. The lowest BCUT2D eigenvalue weighted by Gasteiger charge is -2.15. The molecular weight excluding hydrogens is 456 g/mol. The highest BCUT2D eigenvalue weighted by Gasteiger charge is 2.34. The lowest BCUT2D eigenvalue weighted by molar-refractivity contribution is 1.72. The lowest BCUT2D eigenvalue weighted by atomic mass is 9.88. The van der Waals surface area contributed by atoms with Crippen molar-refractivity contribution >= 4 is 53.9 Å². The number of hydrogen-bond donors (Lipinski definition) is 0. The van der Waals surface area contributed by atoms with E-state index in [-0.39, 0.29) is 0 Å². The fourth-order valence-electron chi connectivity index (χ4n) is 7.63. The van der Waals surface area contributed by atoms with Crippen LogP contribution in [0.4, 0.5) is 0 Å². The molecule has 0 saturated heterocycles. The standard InChI is InChI=1S/C38H20/c1-2-10-22-20-32-31(19-21(22)9-1)29-17-18-30-33-25-13-5-3-11-23(25)24-12-4-6-14-26(24)35(33)37-28-16-8-7-15-27(28)34(32)36(29)38(30)37/h1-20H. The summed E-state index contributed by atoms with van der Waals surface area (Å²) in [5.74, 6) is 0. The quantitative estimate of drug-likeness (QED) is 0.151. The van der Waals surface area contributed by atoms with E-state index in [1.807, 2.05) is 0 Å². The van der Waals surface area contributed by atoms with Crippen molar-refractivity contribution in [2.45, 2.75) is 0 Å². The number of fused-ring (bicyclic) bond motifs is 15. The molecule has 0 heterocycles. The number of hydrogen-bond acceptors (Lipinski definition) is 0. The van der Waals surface area contributed by atoms with E-state index in [0.29, 0.717) is 0 Å². The van der Waals surface area contributed by atoms with Crippen molar-refractivity contribution in [3.05, 3.63) is 121 Å². The Bertz CT molecular complexity index is 2390. The van der Waals surface area contributed by atoms with Gasteiger partial charge >= 0.3 is 0 Å². The molecule has 10 rings (SSSR count). The molecule has 0 radical (unpaired) electrons. The third kappa shape index (κ3) is 2.08. The molecule has 172 valence electrons. The van der Waals surface area contributed by atoms with E-state index in [1.165, 1.54) is 98.4 Å². The lowest BCUT2D eigenvalue weighted by Crippen LogP contribution is -1.87. The van der Waals surface area contributed by atoms with E-state index in [9.17, 15) is 0 Å². The minimum Gasteiger partial charge on any atom is -0.0616 e. The Labute approximate surface area is 219 Å². The van der Waals surface area contributed by atoms with Gasteiger partial charge in [0.1, 0.15) is 0 Å². The zero-order valence-electron chi connectivity index (χ0n) is 20.5. The van der Waals surface area contributed by atoms with Crippen LogP contribution in [-0.2, 0) is 0 Å². The summed E-state index contributed by atoms with van der Waals surface area (Å²) in [5.41, 5.74) is 11.1. The maximum Gasteiger partial charge on any atom is -0.000696 e. The predicted molar refractivity (Wildman–Crippen MR) is 163 cm³/mol. The average molecular weight is 477 g/mol. The molecule has 0 bridgehead atoms. The monoisotopic (exact) mass is 476 g/mol. The predicted octanol–water partition coefficient (Wildman–Crippen LogP) is 10.7. The van der Waals surface area contributed by atoms with Crippen LogP contribution in [-0.4, -0.2) is 0 Å². The van der Waals surface area contributed by atoms with Gasteiger partial charge in [-0.15, -0.1) is 0 Å². The van der Waals surface area contributed by atoms with Gasteiger partial charge < -0.3 is 0 Å². The smallest absolute Gasteiger partial charge is 0.000696 e. The van der Waals surface area contributed by atoms with Crippen molar-refractivity contribution in [3.63, 3.8) is 0 Å². The summed E-state index contributed by atoms with van der Waals surface area (Å²) in [6.45, 7) is 0.